The number of ether oxygens (including phenoxy) is 2. The molecule has 1 aliphatic carbocycles. The third-order valence-corrected chi connectivity index (χ3v) is 8.67. The average molecular weight is 576 g/mol. The van der Waals surface area contributed by atoms with Crippen molar-refractivity contribution in [1.29, 1.82) is 0 Å². The van der Waals surface area contributed by atoms with E-state index in [0.717, 1.165) is 43.5 Å². The Labute approximate surface area is 233 Å². The normalized spacial score (nSPS) is 18.1. The second-order valence-corrected chi connectivity index (χ2v) is 17.2. The van der Waals surface area contributed by atoms with Crippen molar-refractivity contribution in [3.05, 3.63) is 54.5 Å². The third-order valence-electron chi connectivity index (χ3n) is 6.97. The van der Waals surface area contributed by atoms with Crippen LogP contribution in [-0.2, 0) is 22.4 Å². The number of alkyl halides is 3. The van der Waals surface area contributed by atoms with Gasteiger partial charge in [-0.25, -0.2) is 4.98 Å². The summed E-state index contributed by atoms with van der Waals surface area (Å²) in [5.41, 5.74) is 0.986. The maximum atomic E-state index is 13.4. The van der Waals surface area contributed by atoms with Crippen molar-refractivity contribution in [2.45, 2.75) is 76.8 Å². The number of nitrogens with zero attached hydrogens (tertiary/aromatic N) is 3. The molecule has 216 valence electrons. The summed E-state index contributed by atoms with van der Waals surface area (Å²) in [5, 5.41) is 9.08. The van der Waals surface area contributed by atoms with Crippen LogP contribution >= 0.6 is 0 Å². The molecule has 1 aromatic carbocycles. The van der Waals surface area contributed by atoms with Crippen LogP contribution in [0.5, 0.6) is 5.75 Å². The number of carboxylic acid groups (broad SMARTS) is 1. The summed E-state index contributed by atoms with van der Waals surface area (Å²) in [6.07, 6.45) is 1.58. The van der Waals surface area contributed by atoms with Crippen molar-refractivity contribution < 1.29 is 32.5 Å². The quantitative estimate of drug-likeness (QED) is 0.190. The van der Waals surface area contributed by atoms with Gasteiger partial charge in [0.15, 0.2) is 5.69 Å². The summed E-state index contributed by atoms with van der Waals surface area (Å²) in [6.45, 7) is 7.10. The van der Waals surface area contributed by atoms with Crippen LogP contribution in [0, 0.1) is 5.92 Å². The van der Waals surface area contributed by atoms with Gasteiger partial charge in [-0.3, -0.25) is 9.78 Å². The summed E-state index contributed by atoms with van der Waals surface area (Å²) in [7, 11) is -1.33. The van der Waals surface area contributed by atoms with E-state index in [1.165, 1.54) is 10.8 Å². The zero-order valence-electron chi connectivity index (χ0n) is 23.1. The lowest BCUT2D eigenvalue weighted by atomic mass is 9.85. The Kier molecular flexibility index (Phi) is 9.35. The molecule has 1 unspecified atom stereocenters. The van der Waals surface area contributed by atoms with Gasteiger partial charge in [0.05, 0.1) is 11.8 Å². The predicted molar refractivity (Wildman–Crippen MR) is 149 cm³/mol. The molecule has 0 radical (unpaired) electrons. The molecular weight excluding hydrogens is 539 g/mol. The lowest BCUT2D eigenvalue weighted by Gasteiger charge is -2.28. The Balaban J connectivity index is 1.43. The molecule has 1 fully saturated rings. The topological polar surface area (TPSA) is 86.5 Å². The van der Waals surface area contributed by atoms with Crippen molar-refractivity contribution in [2.75, 3.05) is 6.61 Å². The summed E-state index contributed by atoms with van der Waals surface area (Å²) in [4.78, 5) is 19.4. The fourth-order valence-electron chi connectivity index (χ4n) is 4.80. The van der Waals surface area contributed by atoms with Crippen molar-refractivity contribution in [3.63, 3.8) is 0 Å². The lowest BCUT2D eigenvalue weighted by Crippen LogP contribution is -2.26. The minimum atomic E-state index is -4.57. The molecule has 0 spiro atoms. The number of aromatic nitrogens is 3. The maximum Gasteiger partial charge on any atom is 0.434 e. The Hall–Kier alpha value is -3.18. The summed E-state index contributed by atoms with van der Waals surface area (Å²) in [6, 6.07) is 11.8. The molecule has 0 bridgehead atoms. The van der Waals surface area contributed by atoms with E-state index in [0.29, 0.717) is 23.6 Å². The molecule has 7 nitrogen and oxygen atoms in total. The number of rotatable bonds is 11. The van der Waals surface area contributed by atoms with E-state index in [1.807, 2.05) is 24.3 Å². The first-order valence-electron chi connectivity index (χ1n) is 13.5. The van der Waals surface area contributed by atoms with Gasteiger partial charge in [-0.1, -0.05) is 19.6 Å². The van der Waals surface area contributed by atoms with Crippen LogP contribution in [0.2, 0.25) is 25.7 Å². The van der Waals surface area contributed by atoms with E-state index in [9.17, 15) is 18.0 Å². The van der Waals surface area contributed by atoms with Gasteiger partial charge in [-0.15, -0.1) is 0 Å². The van der Waals surface area contributed by atoms with Gasteiger partial charge in [0.1, 0.15) is 18.3 Å². The third kappa shape index (κ3) is 8.41. The number of carbonyl (C=O) groups is 1. The van der Waals surface area contributed by atoms with Crippen LogP contribution in [0.3, 0.4) is 0 Å². The van der Waals surface area contributed by atoms with Crippen LogP contribution in [0.15, 0.2) is 48.8 Å². The molecule has 0 amide bonds. The fraction of sp³-hybridized carbons (Fsp3) is 0.483. The molecule has 40 heavy (non-hydrogen) atoms. The average Bonchev–Trinajstić information content (AvgIpc) is 3.31. The highest BCUT2D eigenvalue weighted by molar-refractivity contribution is 6.76. The minimum absolute atomic E-state index is 0.00814. The summed E-state index contributed by atoms with van der Waals surface area (Å²) < 4.78 is 53.4. The number of carboxylic acids is 1. The van der Waals surface area contributed by atoms with Crippen LogP contribution < -0.4 is 4.74 Å². The van der Waals surface area contributed by atoms with Gasteiger partial charge < -0.3 is 19.1 Å². The molecule has 1 N–H and O–H groups in total. The zero-order chi connectivity index (χ0) is 28.9. The lowest BCUT2D eigenvalue weighted by molar-refractivity contribution is -0.141. The molecule has 3 aromatic rings. The van der Waals surface area contributed by atoms with E-state index in [2.05, 4.69) is 29.6 Å². The minimum Gasteiger partial charge on any atom is -0.490 e. The molecule has 11 heteroatoms. The molecule has 2 heterocycles. The number of hydrogen-bond donors (Lipinski definition) is 1. The van der Waals surface area contributed by atoms with Gasteiger partial charge in [-0.05, 0) is 74.0 Å². The van der Waals surface area contributed by atoms with E-state index in [-0.39, 0.29) is 31.0 Å². The zero-order valence-corrected chi connectivity index (χ0v) is 24.1. The Morgan fingerprint density at radius 3 is 2.45 bits per heavy atom. The number of halogens is 3. The van der Waals surface area contributed by atoms with Gasteiger partial charge in [-0.2, -0.15) is 13.2 Å². The Morgan fingerprint density at radius 2 is 1.82 bits per heavy atom. The first kappa shape index (κ1) is 29.8. The van der Waals surface area contributed by atoms with Gasteiger partial charge in [0, 0.05) is 44.6 Å². The summed E-state index contributed by atoms with van der Waals surface area (Å²) in [5.74, 6) is 0.218. The first-order valence-corrected chi connectivity index (χ1v) is 17.3. The molecule has 1 aliphatic rings. The standard InChI is InChI=1S/C29H36F3N3O4Si/c1-40(2,3)14-13-38-19-35-18-26(29(30,31)32)34-28(35)22-9-12-25(33-17-22)21-7-10-23(11-8-21)39-24-6-4-5-20(15-24)16-27(36)37/h7-12,17-18,20,24H,4-6,13-16,19H2,1-3H3,(H,36,37)/t20-,24?/m0/s1. The van der Waals surface area contributed by atoms with Crippen molar-refractivity contribution in [1.82, 2.24) is 14.5 Å². The highest BCUT2D eigenvalue weighted by Gasteiger charge is 2.35. The molecular formula is C29H36F3N3O4Si. The highest BCUT2D eigenvalue weighted by atomic mass is 28.3. The summed E-state index contributed by atoms with van der Waals surface area (Å²) >= 11 is 0. The number of benzene rings is 1. The monoisotopic (exact) mass is 575 g/mol. The molecule has 4 rings (SSSR count). The SMILES string of the molecule is C[Si](C)(C)CCOCn1cc(C(F)(F)F)nc1-c1ccc(-c2ccc(OC3CCC[C@H](CC(=O)O)C3)cc2)nc1. The van der Waals surface area contributed by atoms with Crippen molar-refractivity contribution >= 4 is 14.0 Å². The molecule has 2 aromatic heterocycles. The molecule has 2 atom stereocenters. The van der Waals surface area contributed by atoms with E-state index < -0.39 is 25.9 Å². The smallest absolute Gasteiger partial charge is 0.434 e. The van der Waals surface area contributed by atoms with Crippen molar-refractivity contribution in [2.24, 2.45) is 5.92 Å². The number of aliphatic carboxylic acids is 1. The van der Waals surface area contributed by atoms with Crippen molar-refractivity contribution in [3.8, 4) is 28.4 Å². The van der Waals surface area contributed by atoms with Gasteiger partial charge in [0.2, 0.25) is 0 Å². The first-order chi connectivity index (χ1) is 18.9. The predicted octanol–water partition coefficient (Wildman–Crippen LogP) is 7.36. The Morgan fingerprint density at radius 1 is 1.10 bits per heavy atom. The highest BCUT2D eigenvalue weighted by Crippen LogP contribution is 2.33. The molecule has 0 aliphatic heterocycles. The van der Waals surface area contributed by atoms with E-state index in [4.69, 9.17) is 14.6 Å². The largest absolute Gasteiger partial charge is 0.490 e. The van der Waals surface area contributed by atoms with Crippen LogP contribution in [0.1, 0.15) is 37.8 Å². The maximum absolute atomic E-state index is 13.4. The van der Waals surface area contributed by atoms with E-state index >= 15 is 0 Å². The Bertz CT molecular complexity index is 1270. The fourth-order valence-corrected chi connectivity index (χ4v) is 5.55. The number of pyridine rings is 1. The second kappa shape index (κ2) is 12.6. The van der Waals surface area contributed by atoms with Crippen LogP contribution in [0.25, 0.3) is 22.6 Å². The van der Waals surface area contributed by atoms with Crippen LogP contribution in [-0.4, -0.2) is 46.4 Å². The van der Waals surface area contributed by atoms with Gasteiger partial charge >= 0.3 is 12.1 Å². The van der Waals surface area contributed by atoms with E-state index in [1.54, 1.807) is 12.1 Å². The molecule has 0 saturated heterocycles. The van der Waals surface area contributed by atoms with Gasteiger partial charge in [0.25, 0.3) is 0 Å². The second-order valence-electron chi connectivity index (χ2n) is 11.6. The van der Waals surface area contributed by atoms with Crippen LogP contribution in [0.4, 0.5) is 13.2 Å². The number of imidazole rings is 1. The number of hydrogen-bond acceptors (Lipinski definition) is 5. The molecule has 1 saturated carbocycles.